The van der Waals surface area contributed by atoms with Gasteiger partial charge in [0.05, 0.1) is 12.2 Å². The average Bonchev–Trinajstić information content (AvgIpc) is 2.78. The molecule has 3 aromatic rings. The molecule has 5 nitrogen and oxygen atoms in total. The summed E-state index contributed by atoms with van der Waals surface area (Å²) in [5.74, 6) is 1.44. The fraction of sp³-hybridized carbons (Fsp3) is 0.214. The van der Waals surface area contributed by atoms with Crippen molar-refractivity contribution in [2.75, 3.05) is 7.05 Å². The van der Waals surface area contributed by atoms with E-state index in [0.29, 0.717) is 12.4 Å². The van der Waals surface area contributed by atoms with E-state index >= 15 is 0 Å². The number of oxazole rings is 1. The van der Waals surface area contributed by atoms with Crippen molar-refractivity contribution in [3.63, 3.8) is 0 Å². The number of nitrogens with one attached hydrogen (secondary N) is 1. The van der Waals surface area contributed by atoms with Crippen molar-refractivity contribution >= 4 is 11.1 Å². The third-order valence-corrected chi connectivity index (χ3v) is 2.83. The van der Waals surface area contributed by atoms with E-state index in [4.69, 9.17) is 4.42 Å². The molecule has 0 aliphatic rings. The summed E-state index contributed by atoms with van der Waals surface area (Å²) < 4.78 is 5.54. The molecule has 5 heteroatoms. The zero-order valence-corrected chi connectivity index (χ0v) is 10.8. The second kappa shape index (κ2) is 4.78. The summed E-state index contributed by atoms with van der Waals surface area (Å²) in [5.41, 5.74) is 3.54. The van der Waals surface area contributed by atoms with Crippen molar-refractivity contribution in [3.05, 3.63) is 42.2 Å². The van der Waals surface area contributed by atoms with Crippen LogP contribution in [-0.2, 0) is 6.54 Å². The molecule has 0 radical (unpaired) electrons. The Morgan fingerprint density at radius 2 is 2.11 bits per heavy atom. The predicted molar refractivity (Wildman–Crippen MR) is 72.5 cm³/mol. The monoisotopic (exact) mass is 254 g/mol. The maximum absolute atomic E-state index is 5.54. The largest absolute Gasteiger partial charge is 0.441 e. The number of rotatable bonds is 3. The number of fused-ring (bicyclic) bond motifs is 1. The normalized spacial score (nSPS) is 11.1. The van der Waals surface area contributed by atoms with Crippen molar-refractivity contribution in [2.45, 2.75) is 13.5 Å². The second-order valence-electron chi connectivity index (χ2n) is 4.30. The molecule has 1 N–H and O–H groups in total. The van der Waals surface area contributed by atoms with E-state index in [1.54, 1.807) is 6.20 Å². The topological polar surface area (TPSA) is 63.8 Å². The fourth-order valence-electron chi connectivity index (χ4n) is 2.00. The first kappa shape index (κ1) is 11.8. The smallest absolute Gasteiger partial charge is 0.192 e. The van der Waals surface area contributed by atoms with E-state index in [9.17, 15) is 0 Å². The predicted octanol–water partition coefficient (Wildman–Crippen LogP) is 2.31. The average molecular weight is 254 g/mol. The van der Waals surface area contributed by atoms with E-state index < -0.39 is 0 Å². The SMILES string of the molecule is CNCc1nccc(-c2ccc3nc(C)oc3c2)n1. The second-order valence-corrected chi connectivity index (χ2v) is 4.30. The Bertz CT molecular complexity index is 720. The highest BCUT2D eigenvalue weighted by Gasteiger charge is 2.06. The Labute approximate surface area is 110 Å². The molecule has 0 bridgehead atoms. The number of aryl methyl sites for hydroxylation is 1. The van der Waals surface area contributed by atoms with E-state index in [2.05, 4.69) is 20.3 Å². The molecule has 2 heterocycles. The van der Waals surface area contributed by atoms with E-state index in [1.807, 2.05) is 38.2 Å². The van der Waals surface area contributed by atoms with Gasteiger partial charge in [-0.15, -0.1) is 0 Å². The third-order valence-electron chi connectivity index (χ3n) is 2.83. The minimum absolute atomic E-state index is 0.650. The zero-order valence-electron chi connectivity index (χ0n) is 10.8. The quantitative estimate of drug-likeness (QED) is 0.777. The van der Waals surface area contributed by atoms with Crippen LogP contribution in [0.4, 0.5) is 0 Å². The van der Waals surface area contributed by atoms with Crippen molar-refractivity contribution in [1.82, 2.24) is 20.3 Å². The molecule has 1 aromatic carbocycles. The Morgan fingerprint density at radius 1 is 1.21 bits per heavy atom. The first-order valence-electron chi connectivity index (χ1n) is 6.10. The summed E-state index contributed by atoms with van der Waals surface area (Å²) in [5, 5.41) is 3.04. The Hall–Kier alpha value is -2.27. The van der Waals surface area contributed by atoms with Gasteiger partial charge in [-0.2, -0.15) is 0 Å². The Morgan fingerprint density at radius 3 is 2.95 bits per heavy atom. The summed E-state index contributed by atoms with van der Waals surface area (Å²) in [4.78, 5) is 13.0. The van der Waals surface area contributed by atoms with Gasteiger partial charge in [-0.05, 0) is 25.2 Å². The summed E-state index contributed by atoms with van der Waals surface area (Å²) in [7, 11) is 1.87. The number of hydrogen-bond donors (Lipinski definition) is 1. The molecule has 19 heavy (non-hydrogen) atoms. The number of benzene rings is 1. The van der Waals surface area contributed by atoms with Gasteiger partial charge in [-0.25, -0.2) is 15.0 Å². The molecule has 0 aliphatic heterocycles. The Kier molecular flexibility index (Phi) is 2.97. The van der Waals surface area contributed by atoms with Crippen molar-refractivity contribution in [2.24, 2.45) is 0 Å². The first-order valence-corrected chi connectivity index (χ1v) is 6.10. The lowest BCUT2D eigenvalue weighted by Crippen LogP contribution is -2.09. The maximum Gasteiger partial charge on any atom is 0.192 e. The van der Waals surface area contributed by atoms with Gasteiger partial charge in [-0.3, -0.25) is 0 Å². The molecule has 0 fully saturated rings. The van der Waals surface area contributed by atoms with Gasteiger partial charge >= 0.3 is 0 Å². The molecule has 3 rings (SSSR count). The lowest BCUT2D eigenvalue weighted by molar-refractivity contribution is 0.561. The van der Waals surface area contributed by atoms with Crippen LogP contribution in [0.25, 0.3) is 22.4 Å². The van der Waals surface area contributed by atoms with E-state index in [0.717, 1.165) is 28.2 Å². The summed E-state index contributed by atoms with van der Waals surface area (Å²) in [6.45, 7) is 2.49. The lowest BCUT2D eigenvalue weighted by Gasteiger charge is -2.03. The minimum Gasteiger partial charge on any atom is -0.441 e. The van der Waals surface area contributed by atoms with E-state index in [1.165, 1.54) is 0 Å². The van der Waals surface area contributed by atoms with Gasteiger partial charge in [0.1, 0.15) is 11.3 Å². The van der Waals surface area contributed by atoms with Crippen molar-refractivity contribution in [3.8, 4) is 11.3 Å². The lowest BCUT2D eigenvalue weighted by atomic mass is 10.1. The summed E-state index contributed by atoms with van der Waals surface area (Å²) in [6.07, 6.45) is 1.77. The van der Waals surface area contributed by atoms with Gasteiger partial charge in [-0.1, -0.05) is 6.07 Å². The molecule has 0 aliphatic carbocycles. The van der Waals surface area contributed by atoms with Crippen LogP contribution in [0.2, 0.25) is 0 Å². The molecular formula is C14H14N4O. The van der Waals surface area contributed by atoms with Crippen molar-refractivity contribution < 1.29 is 4.42 Å². The van der Waals surface area contributed by atoms with Gasteiger partial charge in [0.2, 0.25) is 0 Å². The molecule has 0 spiro atoms. The summed E-state index contributed by atoms with van der Waals surface area (Å²) in [6, 6.07) is 7.79. The third kappa shape index (κ3) is 2.32. The van der Waals surface area contributed by atoms with Gasteiger partial charge < -0.3 is 9.73 Å². The van der Waals surface area contributed by atoms with E-state index in [-0.39, 0.29) is 0 Å². The molecule has 0 amide bonds. The van der Waals surface area contributed by atoms with Crippen LogP contribution in [0.1, 0.15) is 11.7 Å². The van der Waals surface area contributed by atoms with Crippen LogP contribution in [0.15, 0.2) is 34.9 Å². The zero-order chi connectivity index (χ0) is 13.2. The van der Waals surface area contributed by atoms with Crippen LogP contribution in [0.5, 0.6) is 0 Å². The van der Waals surface area contributed by atoms with Crippen LogP contribution in [-0.4, -0.2) is 22.0 Å². The molecule has 2 aromatic heterocycles. The van der Waals surface area contributed by atoms with Crippen LogP contribution in [0, 0.1) is 6.92 Å². The highest BCUT2D eigenvalue weighted by atomic mass is 16.3. The minimum atomic E-state index is 0.650. The number of nitrogens with zero attached hydrogens (tertiary/aromatic N) is 3. The van der Waals surface area contributed by atoms with Crippen molar-refractivity contribution in [1.29, 1.82) is 0 Å². The molecular weight excluding hydrogens is 240 g/mol. The Balaban J connectivity index is 2.05. The standard InChI is InChI=1S/C14H14N4O/c1-9-17-12-4-3-10(7-13(12)19-9)11-5-6-16-14(18-11)8-15-2/h3-7,15H,8H2,1-2H3. The fourth-order valence-corrected chi connectivity index (χ4v) is 2.00. The number of aromatic nitrogens is 3. The van der Waals surface area contributed by atoms with Crippen LogP contribution in [0.3, 0.4) is 0 Å². The molecule has 0 saturated carbocycles. The molecule has 96 valence electrons. The molecule has 0 atom stereocenters. The maximum atomic E-state index is 5.54. The molecule has 0 unspecified atom stereocenters. The van der Waals surface area contributed by atoms with Crippen LogP contribution >= 0.6 is 0 Å². The summed E-state index contributed by atoms with van der Waals surface area (Å²) >= 11 is 0. The highest BCUT2D eigenvalue weighted by molar-refractivity contribution is 5.79. The van der Waals surface area contributed by atoms with Gasteiger partial charge in [0.25, 0.3) is 0 Å². The number of hydrogen-bond acceptors (Lipinski definition) is 5. The van der Waals surface area contributed by atoms with Gasteiger partial charge in [0, 0.05) is 18.7 Å². The molecule has 0 saturated heterocycles. The van der Waals surface area contributed by atoms with Crippen LogP contribution < -0.4 is 5.32 Å². The first-order chi connectivity index (χ1) is 9.26. The highest BCUT2D eigenvalue weighted by Crippen LogP contribution is 2.23. The van der Waals surface area contributed by atoms with Gasteiger partial charge in [0.15, 0.2) is 11.5 Å².